The van der Waals surface area contributed by atoms with Gasteiger partial charge in [0.1, 0.15) is 5.75 Å². The number of ether oxygens (including phenoxy) is 1. The van der Waals surface area contributed by atoms with E-state index in [1.54, 1.807) is 13.3 Å². The van der Waals surface area contributed by atoms with Gasteiger partial charge in [-0.15, -0.1) is 12.4 Å². The normalized spacial score (nSPS) is 10.7. The van der Waals surface area contributed by atoms with Gasteiger partial charge >= 0.3 is 5.69 Å². The molecule has 4 aromatic rings. The third-order valence-corrected chi connectivity index (χ3v) is 4.79. The second kappa shape index (κ2) is 9.49. The zero-order valence-corrected chi connectivity index (χ0v) is 17.8. The fourth-order valence-corrected chi connectivity index (χ4v) is 3.33. The molecule has 30 heavy (non-hydrogen) atoms. The topological polar surface area (TPSA) is 89.2 Å². The average molecular weight is 429 g/mol. The minimum absolute atomic E-state index is 0. The van der Waals surface area contributed by atoms with Crippen LogP contribution < -0.4 is 15.7 Å². The van der Waals surface area contributed by atoms with E-state index in [-0.39, 0.29) is 18.1 Å². The molecule has 158 valence electrons. The molecule has 0 radical (unpaired) electrons. The number of anilines is 1. The van der Waals surface area contributed by atoms with Crippen LogP contribution in [-0.2, 0) is 13.0 Å². The summed E-state index contributed by atoms with van der Waals surface area (Å²) in [5.74, 6) is 0.859. The van der Waals surface area contributed by atoms with Gasteiger partial charge in [0.05, 0.1) is 24.8 Å². The van der Waals surface area contributed by atoms with Gasteiger partial charge in [-0.05, 0) is 49.1 Å². The smallest absolute Gasteiger partial charge is 0.347 e. The number of benzene rings is 1. The van der Waals surface area contributed by atoms with Crippen LogP contribution in [0.25, 0.3) is 5.65 Å². The number of pyridine rings is 1. The molecule has 1 aromatic carbocycles. The molecule has 0 unspecified atom stereocenters. The van der Waals surface area contributed by atoms with Crippen molar-refractivity contribution in [1.82, 2.24) is 24.1 Å². The predicted octanol–water partition coefficient (Wildman–Crippen LogP) is 3.05. The Morgan fingerprint density at radius 3 is 2.77 bits per heavy atom. The van der Waals surface area contributed by atoms with Gasteiger partial charge in [-0.2, -0.15) is 5.10 Å². The van der Waals surface area contributed by atoms with Gasteiger partial charge in [0.15, 0.2) is 5.65 Å². The highest BCUT2D eigenvalue weighted by molar-refractivity contribution is 5.85. The number of methoxy groups -OCH3 is 1. The number of aryl methyl sites for hydroxylation is 2. The summed E-state index contributed by atoms with van der Waals surface area (Å²) >= 11 is 0. The van der Waals surface area contributed by atoms with Crippen LogP contribution in [0.2, 0.25) is 0 Å². The monoisotopic (exact) mass is 428 g/mol. The zero-order valence-electron chi connectivity index (χ0n) is 17.0. The van der Waals surface area contributed by atoms with Gasteiger partial charge in [-0.1, -0.05) is 12.1 Å². The first-order valence-electron chi connectivity index (χ1n) is 9.57. The number of H-pyrrole nitrogens is 1. The third-order valence-electron chi connectivity index (χ3n) is 4.79. The lowest BCUT2D eigenvalue weighted by molar-refractivity contribution is 0.414. The van der Waals surface area contributed by atoms with Gasteiger partial charge in [-0.25, -0.2) is 19.3 Å². The van der Waals surface area contributed by atoms with Gasteiger partial charge < -0.3 is 14.6 Å². The molecule has 0 spiro atoms. The summed E-state index contributed by atoms with van der Waals surface area (Å²) in [5, 5.41) is 9.96. The molecule has 0 saturated heterocycles. The molecule has 0 atom stereocenters. The molecule has 0 saturated carbocycles. The molecular weight excluding hydrogens is 404 g/mol. The second-order valence-corrected chi connectivity index (χ2v) is 7.07. The summed E-state index contributed by atoms with van der Waals surface area (Å²) in [6, 6.07) is 10.1. The van der Waals surface area contributed by atoms with Gasteiger partial charge in [0.2, 0.25) is 0 Å². The lowest BCUT2D eigenvalue weighted by Crippen LogP contribution is -2.11. The van der Waals surface area contributed by atoms with E-state index in [0.29, 0.717) is 5.65 Å². The number of nitrogens with one attached hydrogen (secondary N) is 2. The summed E-state index contributed by atoms with van der Waals surface area (Å²) < 4.78 is 8.81. The lowest BCUT2D eigenvalue weighted by atomic mass is 10.2. The van der Waals surface area contributed by atoms with Crippen molar-refractivity contribution in [3.8, 4) is 5.75 Å². The molecule has 0 aliphatic rings. The van der Waals surface area contributed by atoms with Crippen molar-refractivity contribution in [1.29, 1.82) is 0 Å². The number of halogens is 1. The first kappa shape index (κ1) is 21.4. The Morgan fingerprint density at radius 1 is 1.20 bits per heavy atom. The summed E-state index contributed by atoms with van der Waals surface area (Å²) in [7, 11) is 1.67. The van der Waals surface area contributed by atoms with Crippen LogP contribution in [0.4, 0.5) is 5.69 Å². The highest BCUT2D eigenvalue weighted by atomic mass is 35.5. The predicted molar refractivity (Wildman–Crippen MR) is 119 cm³/mol. The van der Waals surface area contributed by atoms with Crippen LogP contribution in [0.3, 0.4) is 0 Å². The lowest BCUT2D eigenvalue weighted by Gasteiger charge is -2.08. The maximum absolute atomic E-state index is 11.8. The second-order valence-electron chi connectivity index (χ2n) is 7.07. The maximum atomic E-state index is 11.8. The number of nitrogens with zero attached hydrogens (tertiary/aromatic N) is 4. The molecule has 4 rings (SSSR count). The van der Waals surface area contributed by atoms with Crippen LogP contribution in [0.15, 0.2) is 53.8 Å². The highest BCUT2D eigenvalue weighted by Crippen LogP contribution is 2.16. The Labute approximate surface area is 180 Å². The molecule has 0 bridgehead atoms. The van der Waals surface area contributed by atoms with Crippen LogP contribution in [0, 0.1) is 6.92 Å². The standard InChI is InChI=1S/C21H24N6O2.ClH/c1-15-10-19(20-24-25-21(28)27(20)11-15)22-9-3-4-17-13-26(14-23-17)12-16-5-7-18(29-2)8-6-16;/h5-8,10-11,13-14,22H,3-4,9,12H2,1-2H3,(H,25,28);1H. The summed E-state index contributed by atoms with van der Waals surface area (Å²) in [5.41, 5.74) is 4.51. The number of hydrogen-bond donors (Lipinski definition) is 2. The summed E-state index contributed by atoms with van der Waals surface area (Å²) in [6.07, 6.45) is 7.53. The van der Waals surface area contributed by atoms with Crippen molar-refractivity contribution in [3.05, 3.63) is 76.4 Å². The Balaban J connectivity index is 0.00000256. The molecule has 0 aliphatic carbocycles. The average Bonchev–Trinajstić information content (AvgIpc) is 3.32. The molecule has 3 heterocycles. The fraction of sp³-hybridized carbons (Fsp3) is 0.286. The number of fused-ring (bicyclic) bond motifs is 1. The van der Waals surface area contributed by atoms with Crippen LogP contribution in [0.5, 0.6) is 5.75 Å². The van der Waals surface area contributed by atoms with E-state index in [4.69, 9.17) is 4.74 Å². The van der Waals surface area contributed by atoms with Crippen LogP contribution in [-0.4, -0.2) is 37.8 Å². The molecule has 2 N–H and O–H groups in total. The van der Waals surface area contributed by atoms with Crippen molar-refractivity contribution in [3.63, 3.8) is 0 Å². The highest BCUT2D eigenvalue weighted by Gasteiger charge is 2.07. The molecular formula is C21H25ClN6O2. The number of aromatic nitrogens is 5. The van der Waals surface area contributed by atoms with Crippen molar-refractivity contribution >= 4 is 23.7 Å². The van der Waals surface area contributed by atoms with Crippen molar-refractivity contribution in [2.45, 2.75) is 26.3 Å². The van der Waals surface area contributed by atoms with E-state index < -0.39 is 0 Å². The van der Waals surface area contributed by atoms with Gasteiger partial charge in [0, 0.05) is 25.5 Å². The molecule has 0 fully saturated rings. The Hall–Kier alpha value is -3.26. The van der Waals surface area contributed by atoms with E-state index in [9.17, 15) is 4.79 Å². The Bertz CT molecular complexity index is 1160. The quantitative estimate of drug-likeness (QED) is 0.421. The summed E-state index contributed by atoms with van der Waals surface area (Å²) in [4.78, 5) is 16.3. The minimum atomic E-state index is -0.228. The van der Waals surface area contributed by atoms with E-state index in [0.717, 1.165) is 48.6 Å². The number of rotatable bonds is 8. The number of imidazole rings is 1. The SMILES string of the molecule is COc1ccc(Cn2cnc(CCCNc3cc(C)cn4c(=O)[nH]nc34)c2)cc1.Cl. The number of aromatic amines is 1. The fourth-order valence-electron chi connectivity index (χ4n) is 3.33. The van der Waals surface area contributed by atoms with E-state index in [1.165, 1.54) is 9.96 Å². The van der Waals surface area contributed by atoms with E-state index >= 15 is 0 Å². The maximum Gasteiger partial charge on any atom is 0.347 e. The van der Waals surface area contributed by atoms with Gasteiger partial charge in [0.25, 0.3) is 0 Å². The van der Waals surface area contributed by atoms with E-state index in [2.05, 4.69) is 43.4 Å². The minimum Gasteiger partial charge on any atom is -0.497 e. The Morgan fingerprint density at radius 2 is 2.00 bits per heavy atom. The number of hydrogen-bond acceptors (Lipinski definition) is 5. The van der Waals surface area contributed by atoms with Gasteiger partial charge in [-0.3, -0.25) is 0 Å². The largest absolute Gasteiger partial charge is 0.497 e. The van der Waals surface area contributed by atoms with Crippen molar-refractivity contribution < 1.29 is 4.74 Å². The van der Waals surface area contributed by atoms with Crippen molar-refractivity contribution in [2.24, 2.45) is 0 Å². The van der Waals surface area contributed by atoms with Crippen LogP contribution >= 0.6 is 12.4 Å². The first-order valence-corrected chi connectivity index (χ1v) is 9.57. The molecule has 3 aromatic heterocycles. The van der Waals surface area contributed by atoms with Crippen molar-refractivity contribution in [2.75, 3.05) is 19.0 Å². The molecule has 9 heteroatoms. The summed E-state index contributed by atoms with van der Waals surface area (Å²) in [6.45, 7) is 3.51. The molecule has 8 nitrogen and oxygen atoms in total. The Kier molecular flexibility index (Phi) is 6.79. The third kappa shape index (κ3) is 4.83. The molecule has 0 aliphatic heterocycles. The first-order chi connectivity index (χ1) is 14.1. The van der Waals surface area contributed by atoms with E-state index in [1.807, 2.05) is 31.5 Å². The molecule has 0 amide bonds. The zero-order chi connectivity index (χ0) is 20.2. The van der Waals surface area contributed by atoms with Crippen LogP contribution in [0.1, 0.15) is 23.2 Å².